The van der Waals surface area contributed by atoms with Gasteiger partial charge in [-0.15, -0.1) is 0 Å². The molecular weight excluding hydrogens is 360 g/mol. The van der Waals surface area contributed by atoms with E-state index in [2.05, 4.69) is 21.2 Å². The molecule has 0 aromatic carbocycles. The standard InChI is InChI=1S/C13H17BrN2O4S/c14-12-11(21(15,18)19)5-10(20-12)13(17)16-6-9-4-7-1-2-8(9)3-7/h5,7-9H,1-4,6H2,(H,16,17)(H2,15,18,19). The van der Waals surface area contributed by atoms with E-state index in [4.69, 9.17) is 9.56 Å². The Morgan fingerprint density at radius 1 is 1.43 bits per heavy atom. The van der Waals surface area contributed by atoms with Crippen LogP contribution < -0.4 is 10.5 Å². The van der Waals surface area contributed by atoms with Crippen LogP contribution in [0.4, 0.5) is 0 Å². The highest BCUT2D eigenvalue weighted by molar-refractivity contribution is 9.10. The molecule has 0 saturated heterocycles. The van der Waals surface area contributed by atoms with E-state index in [1.165, 1.54) is 25.7 Å². The molecule has 2 fully saturated rings. The minimum atomic E-state index is -3.90. The van der Waals surface area contributed by atoms with Gasteiger partial charge in [-0.05, 0) is 52.9 Å². The number of sulfonamides is 1. The molecule has 0 spiro atoms. The van der Waals surface area contributed by atoms with Crippen molar-refractivity contribution in [3.05, 3.63) is 16.5 Å². The van der Waals surface area contributed by atoms with Crippen molar-refractivity contribution < 1.29 is 17.6 Å². The molecule has 1 heterocycles. The largest absolute Gasteiger partial charge is 0.443 e. The van der Waals surface area contributed by atoms with Gasteiger partial charge in [0.2, 0.25) is 10.0 Å². The van der Waals surface area contributed by atoms with Crippen molar-refractivity contribution in [3.63, 3.8) is 0 Å². The molecule has 8 heteroatoms. The maximum Gasteiger partial charge on any atom is 0.287 e. The average molecular weight is 377 g/mol. The van der Waals surface area contributed by atoms with Crippen LogP contribution in [0.5, 0.6) is 0 Å². The zero-order valence-electron chi connectivity index (χ0n) is 11.3. The minimum absolute atomic E-state index is 0.0462. The van der Waals surface area contributed by atoms with Crippen molar-refractivity contribution >= 4 is 31.9 Å². The van der Waals surface area contributed by atoms with Gasteiger partial charge in [-0.3, -0.25) is 4.79 Å². The van der Waals surface area contributed by atoms with Gasteiger partial charge in [0.25, 0.3) is 5.91 Å². The Labute approximate surface area is 131 Å². The molecule has 3 N–H and O–H groups in total. The van der Waals surface area contributed by atoms with E-state index in [0.717, 1.165) is 17.9 Å². The molecule has 2 bridgehead atoms. The summed E-state index contributed by atoms with van der Waals surface area (Å²) in [6.07, 6.45) is 5.03. The predicted molar refractivity (Wildman–Crippen MR) is 79.1 cm³/mol. The zero-order valence-corrected chi connectivity index (χ0v) is 13.7. The van der Waals surface area contributed by atoms with Gasteiger partial charge in [-0.25, -0.2) is 13.6 Å². The first kappa shape index (κ1) is 15.1. The third-order valence-electron chi connectivity index (χ3n) is 4.60. The number of halogens is 1. The monoisotopic (exact) mass is 376 g/mol. The lowest BCUT2D eigenvalue weighted by Crippen LogP contribution is -2.31. The first-order chi connectivity index (χ1) is 9.84. The average Bonchev–Trinajstić information content (AvgIpc) is 3.09. The topological polar surface area (TPSA) is 102 Å². The molecule has 2 aliphatic rings. The van der Waals surface area contributed by atoms with Crippen LogP contribution >= 0.6 is 15.9 Å². The summed E-state index contributed by atoms with van der Waals surface area (Å²) < 4.78 is 27.7. The van der Waals surface area contributed by atoms with E-state index in [0.29, 0.717) is 12.5 Å². The lowest BCUT2D eigenvalue weighted by Gasteiger charge is -2.21. The number of furan rings is 1. The Bertz CT molecular complexity index is 670. The smallest absolute Gasteiger partial charge is 0.287 e. The fourth-order valence-corrected chi connectivity index (χ4v) is 5.10. The zero-order chi connectivity index (χ0) is 15.2. The molecule has 6 nitrogen and oxygen atoms in total. The van der Waals surface area contributed by atoms with E-state index >= 15 is 0 Å². The van der Waals surface area contributed by atoms with E-state index in [9.17, 15) is 13.2 Å². The summed E-state index contributed by atoms with van der Waals surface area (Å²) >= 11 is 2.96. The van der Waals surface area contributed by atoms with Crippen molar-refractivity contribution in [3.8, 4) is 0 Å². The fraction of sp³-hybridized carbons (Fsp3) is 0.615. The third-order valence-corrected chi connectivity index (χ3v) is 6.36. The van der Waals surface area contributed by atoms with Crippen molar-refractivity contribution in [2.45, 2.75) is 30.6 Å². The van der Waals surface area contributed by atoms with Gasteiger partial charge in [0.15, 0.2) is 10.4 Å². The summed E-state index contributed by atoms with van der Waals surface area (Å²) in [4.78, 5) is 11.8. The van der Waals surface area contributed by atoms with Crippen molar-refractivity contribution in [1.29, 1.82) is 0 Å². The summed E-state index contributed by atoms with van der Waals surface area (Å²) in [5.74, 6) is 1.62. The van der Waals surface area contributed by atoms with Crippen LogP contribution in [-0.4, -0.2) is 20.9 Å². The third kappa shape index (κ3) is 3.02. The van der Waals surface area contributed by atoms with Crippen LogP contribution in [-0.2, 0) is 10.0 Å². The number of amides is 1. The molecule has 2 aliphatic carbocycles. The second-order valence-electron chi connectivity index (χ2n) is 5.94. The van der Waals surface area contributed by atoms with Crippen LogP contribution in [0.2, 0.25) is 0 Å². The van der Waals surface area contributed by atoms with Crippen LogP contribution in [0.15, 0.2) is 20.0 Å². The quantitative estimate of drug-likeness (QED) is 0.836. The minimum Gasteiger partial charge on any atom is -0.443 e. The molecule has 116 valence electrons. The Balaban J connectivity index is 1.63. The molecule has 3 rings (SSSR count). The van der Waals surface area contributed by atoms with Gasteiger partial charge in [0.1, 0.15) is 4.90 Å². The maximum absolute atomic E-state index is 12.0. The molecule has 2 saturated carbocycles. The number of carbonyl (C=O) groups excluding carboxylic acids is 1. The molecule has 3 unspecified atom stereocenters. The van der Waals surface area contributed by atoms with Gasteiger partial charge in [0, 0.05) is 12.6 Å². The van der Waals surface area contributed by atoms with Crippen molar-refractivity contribution in [2.75, 3.05) is 6.54 Å². The highest BCUT2D eigenvalue weighted by Crippen LogP contribution is 2.47. The summed E-state index contributed by atoms with van der Waals surface area (Å²) in [6, 6.07) is 1.15. The highest BCUT2D eigenvalue weighted by Gasteiger charge is 2.39. The second kappa shape index (κ2) is 5.40. The predicted octanol–water partition coefficient (Wildman–Crippen LogP) is 1.86. The van der Waals surface area contributed by atoms with E-state index < -0.39 is 15.9 Å². The number of carbonyl (C=O) groups is 1. The SMILES string of the molecule is NS(=O)(=O)c1cc(C(=O)NCC2CC3CCC2C3)oc1Br. The number of fused-ring (bicyclic) bond motifs is 2. The molecule has 3 atom stereocenters. The molecule has 1 aromatic heterocycles. The van der Waals surface area contributed by atoms with Crippen molar-refractivity contribution in [2.24, 2.45) is 22.9 Å². The Hall–Kier alpha value is -0.860. The molecule has 0 radical (unpaired) electrons. The van der Waals surface area contributed by atoms with E-state index in [-0.39, 0.29) is 15.3 Å². The first-order valence-corrected chi connectivity index (χ1v) is 9.29. The van der Waals surface area contributed by atoms with Crippen LogP contribution in [0.1, 0.15) is 36.2 Å². The molecule has 21 heavy (non-hydrogen) atoms. The van der Waals surface area contributed by atoms with Gasteiger partial charge < -0.3 is 9.73 Å². The number of primary sulfonamides is 1. The highest BCUT2D eigenvalue weighted by atomic mass is 79.9. The Morgan fingerprint density at radius 3 is 2.71 bits per heavy atom. The number of hydrogen-bond donors (Lipinski definition) is 2. The Morgan fingerprint density at radius 2 is 2.19 bits per heavy atom. The maximum atomic E-state index is 12.0. The van der Waals surface area contributed by atoms with Gasteiger partial charge in [-0.1, -0.05) is 6.42 Å². The summed E-state index contributed by atoms with van der Waals surface area (Å²) in [5.41, 5.74) is 0. The van der Waals surface area contributed by atoms with Gasteiger partial charge in [-0.2, -0.15) is 0 Å². The van der Waals surface area contributed by atoms with Crippen molar-refractivity contribution in [1.82, 2.24) is 5.32 Å². The van der Waals surface area contributed by atoms with Gasteiger partial charge >= 0.3 is 0 Å². The fourth-order valence-electron chi connectivity index (χ4n) is 3.60. The summed E-state index contributed by atoms with van der Waals surface area (Å²) in [5, 5.41) is 7.86. The molecular formula is C13H17BrN2O4S. The Kier molecular flexibility index (Phi) is 3.87. The number of rotatable bonds is 4. The molecule has 1 aromatic rings. The van der Waals surface area contributed by atoms with Gasteiger partial charge in [0.05, 0.1) is 0 Å². The molecule has 0 aliphatic heterocycles. The summed E-state index contributed by atoms with van der Waals surface area (Å²) in [6.45, 7) is 0.614. The van der Waals surface area contributed by atoms with Crippen LogP contribution in [0.25, 0.3) is 0 Å². The van der Waals surface area contributed by atoms with Crippen LogP contribution in [0, 0.1) is 17.8 Å². The van der Waals surface area contributed by atoms with E-state index in [1.807, 2.05) is 0 Å². The summed E-state index contributed by atoms with van der Waals surface area (Å²) in [7, 11) is -3.90. The van der Waals surface area contributed by atoms with E-state index in [1.54, 1.807) is 0 Å². The molecule has 1 amide bonds. The number of nitrogens with two attached hydrogens (primary N) is 1. The lowest BCUT2D eigenvalue weighted by molar-refractivity contribution is 0.0912. The number of hydrogen-bond acceptors (Lipinski definition) is 4. The first-order valence-electron chi connectivity index (χ1n) is 6.95. The normalized spacial score (nSPS) is 28.0. The lowest BCUT2D eigenvalue weighted by atomic mass is 9.89. The second-order valence-corrected chi connectivity index (χ2v) is 8.19. The van der Waals surface area contributed by atoms with Crippen LogP contribution in [0.3, 0.4) is 0 Å². The number of nitrogens with one attached hydrogen (secondary N) is 1.